The number of rotatable bonds is 10. The lowest BCUT2D eigenvalue weighted by atomic mass is 10.1. The number of anilines is 4. The number of carbonyl (C=O) groups is 1. The highest BCUT2D eigenvalue weighted by molar-refractivity contribution is 5.84. The molecule has 0 amide bonds. The highest BCUT2D eigenvalue weighted by Gasteiger charge is 2.17. The summed E-state index contributed by atoms with van der Waals surface area (Å²) in [6, 6.07) is 36.6. The summed E-state index contributed by atoms with van der Waals surface area (Å²) in [5.74, 6) is -1.40. The summed E-state index contributed by atoms with van der Waals surface area (Å²) >= 11 is 0. The quantitative estimate of drug-likeness (QED) is 0.126. The predicted octanol–water partition coefficient (Wildman–Crippen LogP) is 10.0. The zero-order chi connectivity index (χ0) is 41.7. The second-order valence-corrected chi connectivity index (χ2v) is 13.4. The number of imidazole rings is 2. The molecule has 6 heterocycles. The number of benzene rings is 4. The third-order valence-corrected chi connectivity index (χ3v) is 9.44. The van der Waals surface area contributed by atoms with Crippen LogP contribution >= 0.6 is 0 Å². The van der Waals surface area contributed by atoms with Gasteiger partial charge in [-0.25, -0.2) is 23.5 Å². The summed E-state index contributed by atoms with van der Waals surface area (Å²) in [7, 11) is 0. The molecule has 2 N–H and O–H groups in total. The molecule has 10 aromatic rings. The number of pyridine rings is 2. The van der Waals surface area contributed by atoms with E-state index >= 15 is 0 Å². The van der Waals surface area contributed by atoms with E-state index in [0.717, 1.165) is 61.8 Å². The van der Waals surface area contributed by atoms with Gasteiger partial charge in [-0.3, -0.25) is 8.80 Å². The first-order valence-electron chi connectivity index (χ1n) is 18.8. The van der Waals surface area contributed by atoms with E-state index in [1.165, 1.54) is 30.7 Å². The van der Waals surface area contributed by atoms with Crippen LogP contribution in [0.1, 0.15) is 17.6 Å². The third kappa shape index (κ3) is 8.40. The van der Waals surface area contributed by atoms with E-state index in [2.05, 4.69) is 41.0 Å². The molecule has 61 heavy (non-hydrogen) atoms. The van der Waals surface area contributed by atoms with Crippen molar-refractivity contribution in [2.75, 3.05) is 17.2 Å². The van der Waals surface area contributed by atoms with Crippen LogP contribution in [0.15, 0.2) is 161 Å². The number of ether oxygens (including phenoxy) is 1. The topological polar surface area (TPSA) is 163 Å². The summed E-state index contributed by atoms with van der Waals surface area (Å²) < 4.78 is 45.7. The van der Waals surface area contributed by atoms with Crippen molar-refractivity contribution in [1.29, 1.82) is 0 Å². The minimum absolute atomic E-state index is 0.0808. The molecular weight excluding hydrogens is 783 g/mol. The molecule has 0 saturated carbocycles. The van der Waals surface area contributed by atoms with Gasteiger partial charge >= 0.3 is 23.9 Å². The standard InChI is InChI=1S/C24H18FN5O3.C21H14FN5O/c1-2-32-23(31)22-28-29-24(33-22)27-19-5-3-4-17(12-19)20-14-26-21-13-16(10-11-30(20)21)15-6-8-18(25)9-7-15;22-17-6-4-14(5-7-17)15-8-9-27-19(12-23-20(27)11-15)16-2-1-3-18(10-16)25-21-26-24-13-28-21/h3-14H,2H2,1H3,(H,27,29);1-13H,(H,25,26). The first-order chi connectivity index (χ1) is 29.9. The number of nitrogens with one attached hydrogen (secondary N) is 2. The van der Waals surface area contributed by atoms with Crippen LogP contribution in [0.4, 0.5) is 32.2 Å². The van der Waals surface area contributed by atoms with Crippen LogP contribution in [0.5, 0.6) is 0 Å². The van der Waals surface area contributed by atoms with Gasteiger partial charge in [0.25, 0.3) is 0 Å². The lowest BCUT2D eigenvalue weighted by Gasteiger charge is -2.07. The van der Waals surface area contributed by atoms with Gasteiger partial charge in [0.05, 0.1) is 30.4 Å². The summed E-state index contributed by atoms with van der Waals surface area (Å²) in [4.78, 5) is 20.8. The van der Waals surface area contributed by atoms with Crippen LogP contribution in [0.25, 0.3) is 56.1 Å². The average Bonchev–Trinajstić information content (AvgIpc) is 4.12. The minimum atomic E-state index is -0.669. The molecule has 0 unspecified atom stereocenters. The van der Waals surface area contributed by atoms with Gasteiger partial charge in [0.1, 0.15) is 22.9 Å². The van der Waals surface area contributed by atoms with Gasteiger partial charge in [0.15, 0.2) is 0 Å². The molecular formula is C45H32F2N10O4. The van der Waals surface area contributed by atoms with E-state index in [1.807, 2.05) is 100 Å². The van der Waals surface area contributed by atoms with Crippen LogP contribution in [0, 0.1) is 11.6 Å². The van der Waals surface area contributed by atoms with E-state index in [9.17, 15) is 13.6 Å². The van der Waals surface area contributed by atoms with Gasteiger partial charge in [-0.15, -0.1) is 5.10 Å². The van der Waals surface area contributed by atoms with E-state index < -0.39 is 5.97 Å². The molecule has 0 aliphatic carbocycles. The summed E-state index contributed by atoms with van der Waals surface area (Å²) in [6.45, 7) is 1.92. The Labute approximate surface area is 345 Å². The number of fused-ring (bicyclic) bond motifs is 2. The highest BCUT2D eigenvalue weighted by atomic mass is 19.1. The average molecular weight is 815 g/mol. The molecule has 0 saturated heterocycles. The Balaban J connectivity index is 0.000000158. The summed E-state index contributed by atoms with van der Waals surface area (Å²) in [6.07, 6.45) is 8.79. The molecule has 0 aliphatic heterocycles. The Bertz CT molecular complexity index is 3110. The Morgan fingerprint density at radius 2 is 1.16 bits per heavy atom. The number of esters is 1. The van der Waals surface area contributed by atoms with Crippen molar-refractivity contribution in [3.8, 4) is 44.8 Å². The highest BCUT2D eigenvalue weighted by Crippen LogP contribution is 2.30. The van der Waals surface area contributed by atoms with E-state index in [-0.39, 0.29) is 30.1 Å². The monoisotopic (exact) mass is 814 g/mol. The molecule has 0 radical (unpaired) electrons. The molecule has 0 bridgehead atoms. The van der Waals surface area contributed by atoms with E-state index in [0.29, 0.717) is 11.7 Å². The predicted molar refractivity (Wildman–Crippen MR) is 223 cm³/mol. The van der Waals surface area contributed by atoms with Crippen molar-refractivity contribution in [1.82, 2.24) is 39.2 Å². The molecule has 300 valence electrons. The Kier molecular flexibility index (Phi) is 10.4. The lowest BCUT2D eigenvalue weighted by molar-refractivity contribution is 0.0481. The van der Waals surface area contributed by atoms with Crippen molar-refractivity contribution >= 4 is 40.7 Å². The third-order valence-electron chi connectivity index (χ3n) is 9.44. The SMILES string of the molecule is CCOC(=O)c1nnc(Nc2cccc(-c3cnc4cc(-c5ccc(F)cc5)ccn34)c2)o1.Fc1ccc(-c2ccn3c(-c4cccc(Nc5nnco5)c4)cnc3c2)cc1. The second-order valence-electron chi connectivity index (χ2n) is 13.4. The van der Waals surface area contributed by atoms with Crippen LogP contribution < -0.4 is 10.6 Å². The molecule has 0 fully saturated rings. The van der Waals surface area contributed by atoms with Gasteiger partial charge < -0.3 is 24.2 Å². The van der Waals surface area contributed by atoms with Crippen molar-refractivity contribution < 1.29 is 27.1 Å². The molecule has 0 spiro atoms. The van der Waals surface area contributed by atoms with Crippen molar-refractivity contribution in [2.45, 2.75) is 6.92 Å². The normalized spacial score (nSPS) is 11.0. The number of halogens is 2. The van der Waals surface area contributed by atoms with E-state index in [4.69, 9.17) is 13.6 Å². The maximum atomic E-state index is 13.2. The fourth-order valence-corrected chi connectivity index (χ4v) is 6.57. The molecule has 10 rings (SSSR count). The summed E-state index contributed by atoms with van der Waals surface area (Å²) in [5, 5.41) is 21.1. The fraction of sp³-hybridized carbons (Fsp3) is 0.0444. The van der Waals surface area contributed by atoms with Gasteiger partial charge in [-0.2, -0.15) is 0 Å². The molecule has 16 heteroatoms. The van der Waals surface area contributed by atoms with Crippen molar-refractivity contribution in [3.05, 3.63) is 170 Å². The van der Waals surface area contributed by atoms with Crippen LogP contribution in [-0.2, 0) is 4.74 Å². The Morgan fingerprint density at radius 3 is 1.67 bits per heavy atom. The van der Waals surface area contributed by atoms with Gasteiger partial charge in [-0.1, -0.05) is 63.8 Å². The molecule has 6 aromatic heterocycles. The zero-order valence-electron chi connectivity index (χ0n) is 32.1. The Hall–Kier alpha value is -8.53. The van der Waals surface area contributed by atoms with Crippen molar-refractivity contribution in [3.63, 3.8) is 0 Å². The zero-order valence-corrected chi connectivity index (χ0v) is 32.1. The number of hydrogen-bond acceptors (Lipinski definition) is 12. The van der Waals surface area contributed by atoms with Gasteiger partial charge in [0.2, 0.25) is 6.39 Å². The van der Waals surface area contributed by atoms with Crippen molar-refractivity contribution in [2.24, 2.45) is 0 Å². The number of aromatic nitrogens is 8. The fourth-order valence-electron chi connectivity index (χ4n) is 6.57. The van der Waals surface area contributed by atoms with Crippen LogP contribution in [-0.4, -0.2) is 51.7 Å². The molecule has 0 atom stereocenters. The maximum Gasteiger partial charge on any atom is 0.396 e. The van der Waals surface area contributed by atoms with Gasteiger partial charge in [0, 0.05) is 34.9 Å². The minimum Gasteiger partial charge on any atom is -0.459 e. The number of nitrogens with zero attached hydrogens (tertiary/aromatic N) is 8. The second kappa shape index (κ2) is 16.8. The first kappa shape index (κ1) is 38.0. The van der Waals surface area contributed by atoms with E-state index in [1.54, 1.807) is 37.4 Å². The lowest BCUT2D eigenvalue weighted by Crippen LogP contribution is -2.04. The van der Waals surface area contributed by atoms with Gasteiger partial charge in [-0.05, 0) is 102 Å². The molecule has 4 aromatic carbocycles. The molecule has 0 aliphatic rings. The van der Waals surface area contributed by atoms with Crippen LogP contribution in [0.3, 0.4) is 0 Å². The summed E-state index contributed by atoms with van der Waals surface area (Å²) in [5.41, 5.74) is 10.6. The Morgan fingerprint density at radius 1 is 0.623 bits per heavy atom. The maximum absolute atomic E-state index is 13.2. The smallest absolute Gasteiger partial charge is 0.396 e. The number of carbonyl (C=O) groups excluding carboxylic acids is 1. The number of hydrogen-bond donors (Lipinski definition) is 2. The first-order valence-corrected chi connectivity index (χ1v) is 18.8. The van der Waals surface area contributed by atoms with Crippen LogP contribution in [0.2, 0.25) is 0 Å². The largest absolute Gasteiger partial charge is 0.459 e. The molecule has 14 nitrogen and oxygen atoms in total.